The van der Waals surface area contributed by atoms with Crippen molar-refractivity contribution in [2.75, 3.05) is 13.1 Å². The highest BCUT2D eigenvalue weighted by Gasteiger charge is 2.41. The van der Waals surface area contributed by atoms with Crippen LogP contribution >= 0.6 is 0 Å². The van der Waals surface area contributed by atoms with Crippen molar-refractivity contribution < 1.29 is 14.6 Å². The highest BCUT2D eigenvalue weighted by Crippen LogP contribution is 2.48. The molecule has 0 saturated carbocycles. The van der Waals surface area contributed by atoms with Crippen LogP contribution in [0.15, 0.2) is 30.9 Å². The van der Waals surface area contributed by atoms with Crippen molar-refractivity contribution in [3.8, 4) is 5.75 Å². The molecule has 1 unspecified atom stereocenters. The van der Waals surface area contributed by atoms with Crippen molar-refractivity contribution in [1.82, 2.24) is 4.90 Å². The van der Waals surface area contributed by atoms with Crippen molar-refractivity contribution in [3.63, 3.8) is 0 Å². The standard InChI is InChI=1S/C20H27NO3/c1-4-19(23)21-9-7-20(8-10-21)12-15-11-16(24-14(2)3)5-6-17(15)18(22)13-20/h4-6,11,14,18,22H,1,7-10,12-13H2,2-3H3. The van der Waals surface area contributed by atoms with Crippen molar-refractivity contribution >= 4 is 5.91 Å². The smallest absolute Gasteiger partial charge is 0.245 e. The molecule has 24 heavy (non-hydrogen) atoms. The summed E-state index contributed by atoms with van der Waals surface area (Å²) in [5.41, 5.74) is 2.30. The molecule has 4 heteroatoms. The van der Waals surface area contributed by atoms with Crippen LogP contribution in [-0.4, -0.2) is 35.1 Å². The minimum absolute atomic E-state index is 0.00854. The summed E-state index contributed by atoms with van der Waals surface area (Å²) in [5.74, 6) is 0.876. The molecule has 1 aromatic carbocycles. The number of aliphatic hydroxyl groups excluding tert-OH is 1. The Hall–Kier alpha value is -1.81. The maximum absolute atomic E-state index is 11.8. The molecule has 1 saturated heterocycles. The van der Waals surface area contributed by atoms with Gasteiger partial charge in [-0.15, -0.1) is 0 Å². The second-order valence-corrected chi connectivity index (χ2v) is 7.45. The van der Waals surface area contributed by atoms with Gasteiger partial charge in [0.1, 0.15) is 5.75 Å². The van der Waals surface area contributed by atoms with Crippen LogP contribution in [-0.2, 0) is 11.2 Å². The van der Waals surface area contributed by atoms with E-state index in [9.17, 15) is 9.90 Å². The van der Waals surface area contributed by atoms with Gasteiger partial charge >= 0.3 is 0 Å². The van der Waals surface area contributed by atoms with E-state index in [1.807, 2.05) is 30.9 Å². The van der Waals surface area contributed by atoms with Gasteiger partial charge in [0.15, 0.2) is 0 Å². The summed E-state index contributed by atoms with van der Waals surface area (Å²) in [7, 11) is 0. The number of amides is 1. The Morgan fingerprint density at radius 2 is 2.12 bits per heavy atom. The second kappa shape index (κ2) is 6.60. The molecule has 1 aliphatic carbocycles. The van der Waals surface area contributed by atoms with Crippen LogP contribution in [0.4, 0.5) is 0 Å². The molecule has 130 valence electrons. The SMILES string of the molecule is C=CC(=O)N1CCC2(CC1)Cc1cc(OC(C)C)ccc1C(O)C2. The number of hydrogen-bond acceptors (Lipinski definition) is 3. The van der Waals surface area contributed by atoms with Crippen LogP contribution in [0.5, 0.6) is 5.75 Å². The molecule has 1 aromatic rings. The number of likely N-dealkylation sites (tertiary alicyclic amines) is 1. The number of carbonyl (C=O) groups excluding carboxylic acids is 1. The maximum Gasteiger partial charge on any atom is 0.245 e. The number of fused-ring (bicyclic) bond motifs is 1. The molecular weight excluding hydrogens is 302 g/mol. The van der Waals surface area contributed by atoms with Gasteiger partial charge in [0.2, 0.25) is 5.91 Å². The zero-order valence-electron chi connectivity index (χ0n) is 14.6. The van der Waals surface area contributed by atoms with Crippen molar-refractivity contribution in [2.24, 2.45) is 5.41 Å². The average Bonchev–Trinajstić information content (AvgIpc) is 2.54. The van der Waals surface area contributed by atoms with Gasteiger partial charge in [-0.2, -0.15) is 0 Å². The number of benzene rings is 1. The van der Waals surface area contributed by atoms with Gasteiger partial charge in [-0.3, -0.25) is 4.79 Å². The number of nitrogens with zero attached hydrogens (tertiary/aromatic N) is 1. The van der Waals surface area contributed by atoms with E-state index in [1.165, 1.54) is 11.6 Å². The fraction of sp³-hybridized carbons (Fsp3) is 0.550. The lowest BCUT2D eigenvalue weighted by molar-refractivity contribution is -0.128. The molecule has 1 aliphatic heterocycles. The van der Waals surface area contributed by atoms with Crippen molar-refractivity contribution in [3.05, 3.63) is 42.0 Å². The van der Waals surface area contributed by atoms with E-state index in [2.05, 4.69) is 12.6 Å². The summed E-state index contributed by atoms with van der Waals surface area (Å²) >= 11 is 0. The fourth-order valence-corrected chi connectivity index (χ4v) is 4.11. The third-order valence-electron chi connectivity index (χ3n) is 5.35. The lowest BCUT2D eigenvalue weighted by Gasteiger charge is -2.46. The molecule has 3 rings (SSSR count). The first-order valence-electron chi connectivity index (χ1n) is 8.81. The van der Waals surface area contributed by atoms with Crippen LogP contribution in [0.2, 0.25) is 0 Å². The Kier molecular flexibility index (Phi) is 4.68. The van der Waals surface area contributed by atoms with E-state index >= 15 is 0 Å². The number of piperidine rings is 1. The Morgan fingerprint density at radius 3 is 2.75 bits per heavy atom. The van der Waals surface area contributed by atoms with Crippen molar-refractivity contribution in [1.29, 1.82) is 0 Å². The van der Waals surface area contributed by atoms with Gasteiger partial charge in [-0.1, -0.05) is 12.6 Å². The molecule has 0 radical (unpaired) electrons. The monoisotopic (exact) mass is 329 g/mol. The number of ether oxygens (including phenoxy) is 1. The molecule has 1 spiro atoms. The molecule has 1 amide bonds. The summed E-state index contributed by atoms with van der Waals surface area (Å²) in [6.45, 7) is 9.09. The van der Waals surface area contributed by atoms with Gasteiger partial charge in [-0.05, 0) is 74.3 Å². The molecule has 2 aliphatic rings. The van der Waals surface area contributed by atoms with Crippen LogP contribution in [0.1, 0.15) is 50.3 Å². The lowest BCUT2D eigenvalue weighted by Crippen LogP contribution is -2.45. The van der Waals surface area contributed by atoms with Crippen LogP contribution < -0.4 is 4.74 Å². The molecular formula is C20H27NO3. The lowest BCUT2D eigenvalue weighted by atomic mass is 9.65. The second-order valence-electron chi connectivity index (χ2n) is 7.45. The first kappa shape index (κ1) is 17.0. The predicted molar refractivity (Wildman–Crippen MR) is 93.9 cm³/mol. The zero-order valence-corrected chi connectivity index (χ0v) is 14.6. The zero-order chi connectivity index (χ0) is 17.3. The number of carbonyl (C=O) groups is 1. The van der Waals surface area contributed by atoms with Crippen molar-refractivity contribution in [2.45, 2.75) is 51.7 Å². The Balaban J connectivity index is 1.78. The minimum atomic E-state index is -0.427. The summed E-state index contributed by atoms with van der Waals surface area (Å²) in [6, 6.07) is 6.03. The maximum atomic E-state index is 11.8. The summed E-state index contributed by atoms with van der Waals surface area (Å²) < 4.78 is 5.81. The third kappa shape index (κ3) is 3.34. The molecule has 1 atom stereocenters. The summed E-state index contributed by atoms with van der Waals surface area (Å²) in [6.07, 6.45) is 4.68. The highest BCUT2D eigenvalue weighted by molar-refractivity contribution is 5.87. The van der Waals surface area contributed by atoms with E-state index in [0.29, 0.717) is 0 Å². The molecule has 0 aromatic heterocycles. The van der Waals surface area contributed by atoms with Gasteiger partial charge in [0.05, 0.1) is 12.2 Å². The average molecular weight is 329 g/mol. The molecule has 1 N–H and O–H groups in total. The van der Waals surface area contributed by atoms with E-state index in [4.69, 9.17) is 4.74 Å². The molecule has 4 nitrogen and oxygen atoms in total. The predicted octanol–water partition coefficient (Wildman–Crippen LogP) is 3.25. The van der Waals surface area contributed by atoms with Gasteiger partial charge in [-0.25, -0.2) is 0 Å². The number of hydrogen-bond donors (Lipinski definition) is 1. The van der Waals surface area contributed by atoms with E-state index in [1.54, 1.807) is 0 Å². The van der Waals surface area contributed by atoms with E-state index in [-0.39, 0.29) is 17.4 Å². The van der Waals surface area contributed by atoms with Gasteiger partial charge < -0.3 is 14.7 Å². The van der Waals surface area contributed by atoms with Crippen LogP contribution in [0.3, 0.4) is 0 Å². The first-order chi connectivity index (χ1) is 11.4. The minimum Gasteiger partial charge on any atom is -0.491 e. The molecule has 1 fully saturated rings. The Labute approximate surface area is 144 Å². The third-order valence-corrected chi connectivity index (χ3v) is 5.35. The largest absolute Gasteiger partial charge is 0.491 e. The highest BCUT2D eigenvalue weighted by atomic mass is 16.5. The van der Waals surface area contributed by atoms with E-state index in [0.717, 1.165) is 50.1 Å². The van der Waals surface area contributed by atoms with Gasteiger partial charge in [0, 0.05) is 13.1 Å². The van der Waals surface area contributed by atoms with Crippen LogP contribution in [0.25, 0.3) is 0 Å². The molecule has 1 heterocycles. The fourth-order valence-electron chi connectivity index (χ4n) is 4.11. The normalized spacial score (nSPS) is 22.3. The Morgan fingerprint density at radius 1 is 1.42 bits per heavy atom. The topological polar surface area (TPSA) is 49.8 Å². The number of aliphatic hydroxyl groups is 1. The van der Waals surface area contributed by atoms with E-state index < -0.39 is 6.10 Å². The number of rotatable bonds is 3. The van der Waals surface area contributed by atoms with Crippen LogP contribution in [0, 0.1) is 5.41 Å². The Bertz CT molecular complexity index is 630. The van der Waals surface area contributed by atoms with Gasteiger partial charge in [0.25, 0.3) is 0 Å². The quantitative estimate of drug-likeness (QED) is 0.866. The summed E-state index contributed by atoms with van der Waals surface area (Å²) in [4.78, 5) is 13.6. The first-order valence-corrected chi connectivity index (χ1v) is 8.81. The summed E-state index contributed by atoms with van der Waals surface area (Å²) in [5, 5.41) is 10.6. The molecule has 0 bridgehead atoms.